The monoisotopic (exact) mass is 379 g/mol. The molecule has 1 fully saturated rings. The first-order valence-corrected chi connectivity index (χ1v) is 8.76. The van der Waals surface area contributed by atoms with Crippen LogP contribution in [0.25, 0.3) is 11.0 Å². The van der Waals surface area contributed by atoms with Gasteiger partial charge >= 0.3 is 6.03 Å². The minimum absolute atomic E-state index is 0.0909. The highest BCUT2D eigenvalue weighted by Gasteiger charge is 2.31. The molecule has 9 heteroatoms. The largest absolute Gasteiger partial charge is 0.340 e. The van der Waals surface area contributed by atoms with Crippen molar-refractivity contribution in [1.82, 2.24) is 20.3 Å². The lowest BCUT2D eigenvalue weighted by molar-refractivity contribution is 0.0404. The Morgan fingerprint density at radius 3 is 2.57 bits per heavy atom. The molecule has 1 aliphatic rings. The summed E-state index contributed by atoms with van der Waals surface area (Å²) in [5.41, 5.74) is 2.41. The highest BCUT2D eigenvalue weighted by atomic mass is 16.6. The van der Waals surface area contributed by atoms with Gasteiger partial charge in [-0.1, -0.05) is 12.1 Å². The Morgan fingerprint density at radius 2 is 1.75 bits per heavy atom. The molecular formula is C19H17N5O4. The van der Waals surface area contributed by atoms with Crippen LogP contribution in [0.3, 0.4) is 0 Å². The number of hydrogen-bond donors (Lipinski definition) is 1. The fourth-order valence-electron chi connectivity index (χ4n) is 3.10. The average molecular weight is 379 g/mol. The van der Waals surface area contributed by atoms with E-state index in [9.17, 15) is 14.4 Å². The van der Waals surface area contributed by atoms with E-state index < -0.39 is 6.03 Å². The number of fused-ring (bicyclic) bond motifs is 1. The van der Waals surface area contributed by atoms with Crippen LogP contribution in [-0.2, 0) is 0 Å². The molecule has 142 valence electrons. The maximum atomic E-state index is 12.9. The van der Waals surface area contributed by atoms with Crippen LogP contribution < -0.4 is 5.32 Å². The Hall–Kier alpha value is -3.75. The third kappa shape index (κ3) is 3.29. The summed E-state index contributed by atoms with van der Waals surface area (Å²) in [7, 11) is 0. The summed E-state index contributed by atoms with van der Waals surface area (Å²) < 4.78 is 4.65. The van der Waals surface area contributed by atoms with Crippen molar-refractivity contribution in [2.75, 3.05) is 18.4 Å². The zero-order valence-corrected chi connectivity index (χ0v) is 15.1. The van der Waals surface area contributed by atoms with E-state index in [1.54, 1.807) is 42.5 Å². The number of hydrogen-bond acceptors (Lipinski definition) is 6. The second-order valence-electron chi connectivity index (χ2n) is 6.44. The van der Waals surface area contributed by atoms with Gasteiger partial charge < -0.3 is 5.32 Å². The molecule has 0 aliphatic carbocycles. The number of aromatic nitrogens is 2. The van der Waals surface area contributed by atoms with Crippen LogP contribution in [0.4, 0.5) is 10.5 Å². The standard InChI is InChI=1S/C19H17N5O4/c1-12(25)13-4-2-5-15(10-13)20-19(27)24-9-3-8-23(24)18(26)14-6-7-16-17(11-14)22-28-21-16/h2,4-7,10-11H,3,8-9H2,1H3,(H,20,27). The Labute approximate surface area is 159 Å². The lowest BCUT2D eigenvalue weighted by atomic mass is 10.1. The third-order valence-corrected chi connectivity index (χ3v) is 4.52. The number of nitrogens with one attached hydrogen (secondary N) is 1. The Balaban J connectivity index is 1.52. The molecule has 2 heterocycles. The van der Waals surface area contributed by atoms with Crippen molar-refractivity contribution in [3.05, 3.63) is 53.6 Å². The zero-order valence-electron chi connectivity index (χ0n) is 15.1. The summed E-state index contributed by atoms with van der Waals surface area (Å²) in [5.74, 6) is -0.401. The number of ketones is 1. The van der Waals surface area contributed by atoms with E-state index in [1.165, 1.54) is 16.9 Å². The quantitative estimate of drug-likeness (QED) is 0.701. The molecule has 0 spiro atoms. The fraction of sp³-hybridized carbons (Fsp3) is 0.211. The van der Waals surface area contributed by atoms with Crippen LogP contribution in [-0.4, -0.2) is 51.1 Å². The number of urea groups is 1. The first-order chi connectivity index (χ1) is 13.5. The zero-order chi connectivity index (χ0) is 19.7. The summed E-state index contributed by atoms with van der Waals surface area (Å²) in [5, 5.41) is 13.0. The molecule has 3 amide bonds. The molecule has 0 unspecified atom stereocenters. The molecule has 4 rings (SSSR count). The SMILES string of the molecule is CC(=O)c1cccc(NC(=O)N2CCCN2C(=O)c2ccc3nonc3c2)c1. The summed E-state index contributed by atoms with van der Waals surface area (Å²) in [4.78, 5) is 37.1. The number of nitrogens with zero attached hydrogens (tertiary/aromatic N) is 4. The highest BCUT2D eigenvalue weighted by molar-refractivity contribution is 6.00. The maximum absolute atomic E-state index is 12.9. The molecular weight excluding hydrogens is 362 g/mol. The van der Waals surface area contributed by atoms with Crippen LogP contribution in [0, 0.1) is 0 Å². The minimum Gasteiger partial charge on any atom is -0.306 e. The third-order valence-electron chi connectivity index (χ3n) is 4.52. The van der Waals surface area contributed by atoms with Crippen LogP contribution in [0.1, 0.15) is 34.1 Å². The molecule has 3 aromatic rings. The molecule has 1 aromatic heterocycles. The number of Topliss-reactive ketones (excluding diaryl/α,β-unsaturated/α-hetero) is 1. The van der Waals surface area contributed by atoms with Gasteiger partial charge in [0.15, 0.2) is 5.78 Å². The number of anilines is 1. The van der Waals surface area contributed by atoms with Crippen molar-refractivity contribution >= 4 is 34.4 Å². The highest BCUT2D eigenvalue weighted by Crippen LogP contribution is 2.20. The van der Waals surface area contributed by atoms with Gasteiger partial charge in [0, 0.05) is 29.9 Å². The summed E-state index contributed by atoms with van der Waals surface area (Å²) in [6.07, 6.45) is 0.667. The first kappa shape index (κ1) is 17.7. The van der Waals surface area contributed by atoms with Gasteiger partial charge in [0.25, 0.3) is 5.91 Å². The van der Waals surface area contributed by atoms with Gasteiger partial charge in [-0.15, -0.1) is 0 Å². The van der Waals surface area contributed by atoms with E-state index in [0.717, 1.165) is 0 Å². The molecule has 9 nitrogen and oxygen atoms in total. The normalized spacial score (nSPS) is 13.8. The number of amides is 3. The van der Waals surface area contributed by atoms with Crippen molar-refractivity contribution in [2.24, 2.45) is 0 Å². The van der Waals surface area contributed by atoms with Gasteiger partial charge in [0.1, 0.15) is 11.0 Å². The number of rotatable bonds is 3. The van der Waals surface area contributed by atoms with E-state index in [0.29, 0.717) is 47.4 Å². The van der Waals surface area contributed by atoms with Crippen molar-refractivity contribution in [2.45, 2.75) is 13.3 Å². The molecule has 0 bridgehead atoms. The fourth-order valence-corrected chi connectivity index (χ4v) is 3.10. The topological polar surface area (TPSA) is 109 Å². The lowest BCUT2D eigenvalue weighted by Crippen LogP contribution is -2.46. The summed E-state index contributed by atoms with van der Waals surface area (Å²) >= 11 is 0. The van der Waals surface area contributed by atoms with Crippen LogP contribution in [0.15, 0.2) is 47.1 Å². The van der Waals surface area contributed by atoms with Gasteiger partial charge in [-0.25, -0.2) is 19.4 Å². The Bertz CT molecular complexity index is 1080. The maximum Gasteiger partial charge on any atom is 0.340 e. The van der Waals surface area contributed by atoms with Gasteiger partial charge in [-0.3, -0.25) is 9.59 Å². The van der Waals surface area contributed by atoms with E-state index in [-0.39, 0.29) is 11.7 Å². The van der Waals surface area contributed by atoms with Gasteiger partial charge in [0.05, 0.1) is 0 Å². The molecule has 1 aliphatic heterocycles. The Morgan fingerprint density at radius 1 is 0.964 bits per heavy atom. The van der Waals surface area contributed by atoms with E-state index in [2.05, 4.69) is 20.3 Å². The molecule has 0 atom stereocenters. The second-order valence-corrected chi connectivity index (χ2v) is 6.44. The number of benzene rings is 2. The number of carbonyl (C=O) groups is 3. The van der Waals surface area contributed by atoms with Crippen molar-refractivity contribution < 1.29 is 19.0 Å². The second kappa shape index (κ2) is 7.10. The van der Waals surface area contributed by atoms with Crippen LogP contribution in [0.2, 0.25) is 0 Å². The summed E-state index contributed by atoms with van der Waals surface area (Å²) in [6.45, 7) is 2.30. The van der Waals surface area contributed by atoms with Gasteiger partial charge in [-0.05, 0) is 54.0 Å². The minimum atomic E-state index is -0.435. The molecule has 2 aromatic carbocycles. The number of hydrazine groups is 1. The average Bonchev–Trinajstić information content (AvgIpc) is 3.36. The van der Waals surface area contributed by atoms with E-state index >= 15 is 0 Å². The number of carbonyl (C=O) groups excluding carboxylic acids is 3. The molecule has 28 heavy (non-hydrogen) atoms. The van der Waals surface area contributed by atoms with Crippen molar-refractivity contribution in [3.8, 4) is 0 Å². The van der Waals surface area contributed by atoms with Crippen molar-refractivity contribution in [1.29, 1.82) is 0 Å². The Kier molecular flexibility index (Phi) is 4.48. The first-order valence-electron chi connectivity index (χ1n) is 8.76. The molecule has 1 N–H and O–H groups in total. The van der Waals surface area contributed by atoms with Crippen molar-refractivity contribution in [3.63, 3.8) is 0 Å². The lowest BCUT2D eigenvalue weighted by Gasteiger charge is -2.28. The van der Waals surface area contributed by atoms with E-state index in [1.807, 2.05) is 0 Å². The smallest absolute Gasteiger partial charge is 0.306 e. The van der Waals surface area contributed by atoms with Gasteiger partial charge in [0.2, 0.25) is 0 Å². The predicted octanol–water partition coefficient (Wildman–Crippen LogP) is 2.72. The van der Waals surface area contributed by atoms with Crippen LogP contribution in [0.5, 0.6) is 0 Å². The van der Waals surface area contributed by atoms with Gasteiger partial charge in [-0.2, -0.15) is 0 Å². The predicted molar refractivity (Wildman–Crippen MR) is 99.6 cm³/mol. The van der Waals surface area contributed by atoms with Crippen LogP contribution >= 0.6 is 0 Å². The van der Waals surface area contributed by atoms with E-state index in [4.69, 9.17) is 0 Å². The molecule has 0 radical (unpaired) electrons. The molecule has 0 saturated carbocycles. The molecule has 1 saturated heterocycles. The summed E-state index contributed by atoms with van der Waals surface area (Å²) in [6, 6.07) is 11.1.